The van der Waals surface area contributed by atoms with Gasteiger partial charge >= 0.3 is 0 Å². The second-order valence-electron chi connectivity index (χ2n) is 8.80. The maximum atomic E-state index is 12.8. The van der Waals surface area contributed by atoms with Crippen molar-refractivity contribution in [2.45, 2.75) is 39.7 Å². The fraction of sp³-hybridized carbons (Fsp3) is 0.222. The first kappa shape index (κ1) is 21.5. The lowest BCUT2D eigenvalue weighted by atomic mass is 9.97. The molecule has 7 nitrogen and oxygen atoms in total. The van der Waals surface area contributed by atoms with Crippen molar-refractivity contribution in [3.8, 4) is 23.1 Å². The number of benzene rings is 2. The molecule has 2 aromatic heterocycles. The molecular weight excluding hydrogens is 424 g/mol. The second kappa shape index (κ2) is 8.56. The molecule has 0 aliphatic carbocycles. The Balaban J connectivity index is 1.44. The van der Waals surface area contributed by atoms with Gasteiger partial charge in [0.15, 0.2) is 5.82 Å². The van der Waals surface area contributed by atoms with Gasteiger partial charge in [0, 0.05) is 17.3 Å². The van der Waals surface area contributed by atoms with E-state index in [9.17, 15) is 10.1 Å². The van der Waals surface area contributed by atoms with Gasteiger partial charge < -0.3 is 0 Å². The molecule has 168 valence electrons. The molecule has 34 heavy (non-hydrogen) atoms. The van der Waals surface area contributed by atoms with Gasteiger partial charge in [0.1, 0.15) is 17.6 Å². The number of hydrogen-bond donors (Lipinski definition) is 0. The van der Waals surface area contributed by atoms with Crippen molar-refractivity contribution in [3.05, 3.63) is 88.9 Å². The second-order valence-corrected chi connectivity index (χ2v) is 8.80. The number of aromatic nitrogens is 4. The first-order valence-electron chi connectivity index (χ1n) is 11.3. The normalized spacial score (nSPS) is 12.8. The number of amides is 1. The van der Waals surface area contributed by atoms with Crippen LogP contribution in [0.2, 0.25) is 0 Å². The maximum absolute atomic E-state index is 12.8. The molecule has 0 unspecified atom stereocenters. The van der Waals surface area contributed by atoms with Crippen LogP contribution in [0.3, 0.4) is 0 Å². The van der Waals surface area contributed by atoms with Gasteiger partial charge in [0.05, 0.1) is 24.3 Å². The zero-order chi connectivity index (χ0) is 23.8. The standard InChI is InChI=1S/C27H24N6O/c1-17(2)23-6-4-5-7-24(23)26-29-15-20-13-25(34)32(27(20)30-26)16-19-8-10-21(11-9-19)33-22(14-28)12-18(3)31-33/h4-12,15,17H,13,16H2,1-3H3. The minimum atomic E-state index is 0.0112. The molecule has 7 heteroatoms. The predicted molar refractivity (Wildman–Crippen MR) is 129 cm³/mol. The van der Waals surface area contributed by atoms with Gasteiger partial charge in [-0.1, -0.05) is 50.2 Å². The van der Waals surface area contributed by atoms with Crippen LogP contribution in [0.15, 0.2) is 60.8 Å². The zero-order valence-electron chi connectivity index (χ0n) is 19.4. The molecule has 0 bridgehead atoms. The summed E-state index contributed by atoms with van der Waals surface area (Å²) >= 11 is 0. The number of carbonyl (C=O) groups is 1. The number of fused-ring (bicyclic) bond motifs is 1. The molecule has 4 aromatic rings. The van der Waals surface area contributed by atoms with Gasteiger partial charge in [-0.2, -0.15) is 10.4 Å². The molecule has 1 amide bonds. The first-order valence-corrected chi connectivity index (χ1v) is 11.3. The Bertz CT molecular complexity index is 1430. The third-order valence-corrected chi connectivity index (χ3v) is 6.03. The van der Waals surface area contributed by atoms with Gasteiger partial charge in [-0.3, -0.25) is 9.69 Å². The van der Waals surface area contributed by atoms with Crippen molar-refractivity contribution in [1.82, 2.24) is 19.7 Å². The molecule has 0 saturated heterocycles. The molecule has 1 aliphatic rings. The number of nitriles is 1. The van der Waals surface area contributed by atoms with Gasteiger partial charge in [-0.05, 0) is 42.2 Å². The lowest BCUT2D eigenvalue weighted by molar-refractivity contribution is -0.117. The third kappa shape index (κ3) is 3.84. The van der Waals surface area contributed by atoms with Gasteiger partial charge in [-0.25, -0.2) is 14.6 Å². The summed E-state index contributed by atoms with van der Waals surface area (Å²) in [4.78, 5) is 24.0. The summed E-state index contributed by atoms with van der Waals surface area (Å²) in [5, 5.41) is 13.7. The summed E-state index contributed by atoms with van der Waals surface area (Å²) in [5.41, 5.74) is 6.06. The Hall–Kier alpha value is -4.31. The summed E-state index contributed by atoms with van der Waals surface area (Å²) in [5.74, 6) is 1.66. The molecule has 0 spiro atoms. The summed E-state index contributed by atoms with van der Waals surface area (Å²) in [6.45, 7) is 6.57. The maximum Gasteiger partial charge on any atom is 0.233 e. The highest BCUT2D eigenvalue weighted by atomic mass is 16.2. The molecule has 0 N–H and O–H groups in total. The van der Waals surface area contributed by atoms with Crippen LogP contribution in [0.25, 0.3) is 17.1 Å². The highest BCUT2D eigenvalue weighted by molar-refractivity contribution is 6.00. The van der Waals surface area contributed by atoms with Crippen molar-refractivity contribution in [1.29, 1.82) is 5.26 Å². The van der Waals surface area contributed by atoms with Crippen molar-refractivity contribution in [2.75, 3.05) is 4.90 Å². The Morgan fingerprint density at radius 1 is 1.12 bits per heavy atom. The lowest BCUT2D eigenvalue weighted by Gasteiger charge is -2.18. The van der Waals surface area contributed by atoms with Crippen LogP contribution >= 0.6 is 0 Å². The molecule has 0 fully saturated rings. The quantitative estimate of drug-likeness (QED) is 0.441. The van der Waals surface area contributed by atoms with Crippen LogP contribution in [0, 0.1) is 18.3 Å². The Morgan fingerprint density at radius 2 is 1.88 bits per heavy atom. The van der Waals surface area contributed by atoms with Crippen LogP contribution in [-0.4, -0.2) is 25.7 Å². The molecule has 3 heterocycles. The lowest BCUT2D eigenvalue weighted by Crippen LogP contribution is -2.26. The molecule has 2 aromatic carbocycles. The van der Waals surface area contributed by atoms with Crippen LogP contribution < -0.4 is 4.90 Å². The van der Waals surface area contributed by atoms with E-state index >= 15 is 0 Å². The van der Waals surface area contributed by atoms with Crippen molar-refractivity contribution >= 4 is 11.7 Å². The van der Waals surface area contributed by atoms with E-state index in [4.69, 9.17) is 4.98 Å². The Labute approximate surface area is 198 Å². The van der Waals surface area contributed by atoms with Gasteiger partial charge in [0.25, 0.3) is 0 Å². The smallest absolute Gasteiger partial charge is 0.233 e. The van der Waals surface area contributed by atoms with E-state index in [2.05, 4.69) is 36.1 Å². The number of rotatable bonds is 5. The highest BCUT2D eigenvalue weighted by Crippen LogP contribution is 2.32. The topological polar surface area (TPSA) is 87.7 Å². The van der Waals surface area contributed by atoms with Crippen molar-refractivity contribution in [3.63, 3.8) is 0 Å². The number of hydrogen-bond acceptors (Lipinski definition) is 5. The highest BCUT2D eigenvalue weighted by Gasteiger charge is 2.30. The number of aryl methyl sites for hydroxylation is 1. The summed E-state index contributed by atoms with van der Waals surface area (Å²) in [6.07, 6.45) is 2.08. The van der Waals surface area contributed by atoms with E-state index in [0.717, 1.165) is 28.1 Å². The average Bonchev–Trinajstić information content (AvgIpc) is 3.38. The van der Waals surface area contributed by atoms with Gasteiger partial charge in [-0.15, -0.1) is 0 Å². The minimum absolute atomic E-state index is 0.0112. The molecule has 0 saturated carbocycles. The summed E-state index contributed by atoms with van der Waals surface area (Å²) in [6, 6.07) is 19.8. The van der Waals surface area contributed by atoms with Crippen molar-refractivity contribution < 1.29 is 4.79 Å². The SMILES string of the molecule is Cc1cc(C#N)n(-c2ccc(CN3C(=O)Cc4cnc(-c5ccccc5C(C)C)nc43)cc2)n1. The first-order chi connectivity index (χ1) is 16.4. The summed E-state index contributed by atoms with van der Waals surface area (Å²) in [7, 11) is 0. The van der Waals surface area contributed by atoms with Gasteiger partial charge in [0.2, 0.25) is 5.91 Å². The molecule has 5 rings (SSSR count). The van der Waals surface area contributed by atoms with E-state index in [1.54, 1.807) is 21.8 Å². The van der Waals surface area contributed by atoms with E-state index in [0.29, 0.717) is 36.2 Å². The van der Waals surface area contributed by atoms with Crippen LogP contribution in [0.1, 0.15) is 47.8 Å². The third-order valence-electron chi connectivity index (χ3n) is 6.03. The monoisotopic (exact) mass is 448 g/mol. The van der Waals surface area contributed by atoms with Crippen LogP contribution in [0.4, 0.5) is 5.82 Å². The van der Waals surface area contributed by atoms with E-state index in [-0.39, 0.29) is 5.91 Å². The average molecular weight is 449 g/mol. The van der Waals surface area contributed by atoms with E-state index < -0.39 is 0 Å². The molecule has 0 atom stereocenters. The zero-order valence-corrected chi connectivity index (χ0v) is 19.4. The van der Waals surface area contributed by atoms with Crippen molar-refractivity contribution in [2.24, 2.45) is 0 Å². The predicted octanol–water partition coefficient (Wildman–Crippen LogP) is 4.72. The number of carbonyl (C=O) groups excluding carboxylic acids is 1. The Kier molecular flexibility index (Phi) is 5.42. The fourth-order valence-electron chi connectivity index (χ4n) is 4.33. The molecule has 0 radical (unpaired) electrons. The van der Waals surface area contributed by atoms with E-state index in [1.807, 2.05) is 49.4 Å². The number of nitrogens with zero attached hydrogens (tertiary/aromatic N) is 6. The summed E-state index contributed by atoms with van der Waals surface area (Å²) < 4.78 is 1.63. The fourth-order valence-corrected chi connectivity index (χ4v) is 4.33. The van der Waals surface area contributed by atoms with Crippen LogP contribution in [-0.2, 0) is 17.8 Å². The van der Waals surface area contributed by atoms with Crippen LogP contribution in [0.5, 0.6) is 0 Å². The Morgan fingerprint density at radius 3 is 2.62 bits per heavy atom. The molecule has 1 aliphatic heterocycles. The minimum Gasteiger partial charge on any atom is -0.292 e. The largest absolute Gasteiger partial charge is 0.292 e. The molecular formula is C27H24N6O. The number of anilines is 1. The van der Waals surface area contributed by atoms with E-state index in [1.165, 1.54) is 5.56 Å².